The zero-order valence-electron chi connectivity index (χ0n) is 17.1. The molecule has 2 aromatic heterocycles. The Hall–Kier alpha value is -3.01. The van der Waals surface area contributed by atoms with Crippen LogP contribution >= 0.6 is 11.3 Å². The Labute approximate surface area is 180 Å². The highest BCUT2D eigenvalue weighted by molar-refractivity contribution is 7.16. The maximum absolute atomic E-state index is 5.57. The van der Waals surface area contributed by atoms with Gasteiger partial charge in [0.2, 0.25) is 0 Å². The minimum absolute atomic E-state index is 0.745. The first-order chi connectivity index (χ1) is 14.6. The van der Waals surface area contributed by atoms with E-state index >= 15 is 0 Å². The number of nitrogens with one attached hydrogen (secondary N) is 3. The Balaban J connectivity index is 1.48. The van der Waals surface area contributed by atoms with E-state index in [9.17, 15) is 0 Å². The molecule has 0 bridgehead atoms. The van der Waals surface area contributed by atoms with Crippen molar-refractivity contribution in [2.45, 2.75) is 13.8 Å². The van der Waals surface area contributed by atoms with Gasteiger partial charge in [0.15, 0.2) is 5.13 Å². The SMILES string of the molecule is Cc1nc(Nc2ncc(/C=C/c3cccc(NN)c3C)s2)cc(N2CCNCC2)n1. The van der Waals surface area contributed by atoms with Crippen molar-refractivity contribution in [1.29, 1.82) is 0 Å². The van der Waals surface area contributed by atoms with Crippen LogP contribution in [0.15, 0.2) is 30.5 Å². The molecule has 156 valence electrons. The number of hydrogen-bond acceptors (Lipinski definition) is 9. The third-order valence-electron chi connectivity index (χ3n) is 4.98. The second kappa shape index (κ2) is 9.21. The van der Waals surface area contributed by atoms with Crippen molar-refractivity contribution >= 4 is 45.9 Å². The second-order valence-electron chi connectivity index (χ2n) is 7.09. The molecule has 0 spiro atoms. The van der Waals surface area contributed by atoms with E-state index in [0.29, 0.717) is 0 Å². The summed E-state index contributed by atoms with van der Waals surface area (Å²) in [7, 11) is 0. The number of aryl methyl sites for hydroxylation is 1. The zero-order chi connectivity index (χ0) is 20.9. The maximum Gasteiger partial charge on any atom is 0.188 e. The summed E-state index contributed by atoms with van der Waals surface area (Å²) in [5.74, 6) is 8.02. The Morgan fingerprint density at radius 2 is 2.00 bits per heavy atom. The molecule has 1 aliphatic heterocycles. The third-order valence-corrected chi connectivity index (χ3v) is 5.86. The molecular formula is C21H26N8S. The molecular weight excluding hydrogens is 396 g/mol. The van der Waals surface area contributed by atoms with E-state index in [4.69, 9.17) is 5.84 Å². The maximum atomic E-state index is 5.57. The summed E-state index contributed by atoms with van der Waals surface area (Å²) in [5.41, 5.74) is 5.86. The fraction of sp³-hybridized carbons (Fsp3) is 0.286. The highest BCUT2D eigenvalue weighted by Gasteiger charge is 2.14. The van der Waals surface area contributed by atoms with Crippen molar-refractivity contribution in [3.63, 3.8) is 0 Å². The van der Waals surface area contributed by atoms with E-state index in [0.717, 1.165) is 70.5 Å². The van der Waals surface area contributed by atoms with E-state index in [2.05, 4.69) is 54.1 Å². The molecule has 1 fully saturated rings. The van der Waals surface area contributed by atoms with Gasteiger partial charge in [0, 0.05) is 43.3 Å². The van der Waals surface area contributed by atoms with Crippen molar-refractivity contribution in [1.82, 2.24) is 20.3 Å². The summed E-state index contributed by atoms with van der Waals surface area (Å²) in [6.45, 7) is 7.79. The molecule has 0 amide bonds. The number of thiazole rings is 1. The first-order valence-corrected chi connectivity index (χ1v) is 10.7. The number of rotatable bonds is 6. The molecule has 8 nitrogen and oxygen atoms in total. The number of nitrogen functional groups attached to an aromatic ring is 1. The lowest BCUT2D eigenvalue weighted by Crippen LogP contribution is -2.44. The van der Waals surface area contributed by atoms with Crippen molar-refractivity contribution < 1.29 is 0 Å². The van der Waals surface area contributed by atoms with Crippen LogP contribution in [0.25, 0.3) is 12.2 Å². The van der Waals surface area contributed by atoms with Crippen LogP contribution in [0.4, 0.5) is 22.5 Å². The first kappa shape index (κ1) is 20.3. The molecule has 0 radical (unpaired) electrons. The molecule has 1 saturated heterocycles. The monoisotopic (exact) mass is 422 g/mol. The number of piperazine rings is 1. The van der Waals surface area contributed by atoms with Gasteiger partial charge in [0.25, 0.3) is 0 Å². The second-order valence-corrected chi connectivity index (χ2v) is 8.15. The van der Waals surface area contributed by atoms with Gasteiger partial charge in [0.05, 0.1) is 5.69 Å². The average Bonchev–Trinajstić information content (AvgIpc) is 3.20. The molecule has 3 aromatic rings. The van der Waals surface area contributed by atoms with Crippen molar-refractivity contribution in [2.24, 2.45) is 5.84 Å². The number of hydrazine groups is 1. The molecule has 4 rings (SSSR count). The Morgan fingerprint density at radius 1 is 1.17 bits per heavy atom. The number of aromatic nitrogens is 3. The van der Waals surface area contributed by atoms with Gasteiger partial charge in [-0.1, -0.05) is 29.5 Å². The number of hydrogen-bond donors (Lipinski definition) is 4. The lowest BCUT2D eigenvalue weighted by atomic mass is 10.1. The average molecular weight is 423 g/mol. The van der Waals surface area contributed by atoms with Crippen LogP contribution in [0.1, 0.15) is 21.8 Å². The predicted octanol–water partition coefficient (Wildman–Crippen LogP) is 3.16. The minimum atomic E-state index is 0.745. The van der Waals surface area contributed by atoms with E-state index < -0.39 is 0 Å². The molecule has 5 N–H and O–H groups in total. The van der Waals surface area contributed by atoms with Crippen molar-refractivity contribution in [3.8, 4) is 0 Å². The molecule has 1 aliphatic rings. The van der Waals surface area contributed by atoms with Crippen LogP contribution in [0.2, 0.25) is 0 Å². The zero-order valence-corrected chi connectivity index (χ0v) is 18.0. The third kappa shape index (κ3) is 4.76. The molecule has 0 saturated carbocycles. The lowest BCUT2D eigenvalue weighted by Gasteiger charge is -2.28. The molecule has 0 aliphatic carbocycles. The molecule has 0 atom stereocenters. The highest BCUT2D eigenvalue weighted by Crippen LogP contribution is 2.26. The van der Waals surface area contributed by atoms with Crippen LogP contribution in [-0.4, -0.2) is 41.1 Å². The van der Waals surface area contributed by atoms with Gasteiger partial charge in [-0.05, 0) is 37.1 Å². The first-order valence-electron chi connectivity index (χ1n) is 9.91. The number of nitrogens with two attached hydrogens (primary N) is 1. The molecule has 3 heterocycles. The number of anilines is 4. The Bertz CT molecular complexity index is 1040. The van der Waals surface area contributed by atoms with Gasteiger partial charge in [-0.15, -0.1) is 0 Å². The fourth-order valence-corrected chi connectivity index (χ4v) is 4.09. The summed E-state index contributed by atoms with van der Waals surface area (Å²) in [6, 6.07) is 7.99. The van der Waals surface area contributed by atoms with Gasteiger partial charge in [-0.2, -0.15) is 0 Å². The van der Waals surface area contributed by atoms with E-state index in [1.165, 1.54) is 0 Å². The van der Waals surface area contributed by atoms with Gasteiger partial charge in [-0.25, -0.2) is 15.0 Å². The topological polar surface area (TPSA) is 104 Å². The van der Waals surface area contributed by atoms with Gasteiger partial charge in [-0.3, -0.25) is 5.84 Å². The Kier molecular flexibility index (Phi) is 6.22. The van der Waals surface area contributed by atoms with E-state index in [-0.39, 0.29) is 0 Å². The summed E-state index contributed by atoms with van der Waals surface area (Å²) in [5, 5.41) is 7.49. The van der Waals surface area contributed by atoms with Gasteiger partial charge >= 0.3 is 0 Å². The number of benzene rings is 1. The minimum Gasteiger partial charge on any atom is -0.354 e. The predicted molar refractivity (Wildman–Crippen MR) is 125 cm³/mol. The standard InChI is InChI=1S/C21H26N8S/c1-14-16(4-3-5-18(14)28-22)6-7-17-13-24-21(30-17)27-19-12-20(26-15(2)25-19)29-10-8-23-9-11-29/h3-7,12-13,23,28H,8-11,22H2,1-2H3,(H,24,25,26,27)/b7-6+. The van der Waals surface area contributed by atoms with Crippen molar-refractivity contribution in [2.75, 3.05) is 41.8 Å². The van der Waals surface area contributed by atoms with Gasteiger partial charge in [0.1, 0.15) is 17.5 Å². The van der Waals surface area contributed by atoms with E-state index in [1.807, 2.05) is 38.2 Å². The normalized spacial score (nSPS) is 14.3. The van der Waals surface area contributed by atoms with Crippen LogP contribution < -0.4 is 26.8 Å². The fourth-order valence-electron chi connectivity index (χ4n) is 3.37. The summed E-state index contributed by atoms with van der Waals surface area (Å²) < 4.78 is 0. The molecule has 1 aromatic carbocycles. The molecule has 9 heteroatoms. The van der Waals surface area contributed by atoms with Crippen LogP contribution in [0.5, 0.6) is 0 Å². The van der Waals surface area contributed by atoms with Crippen LogP contribution in [0, 0.1) is 13.8 Å². The largest absolute Gasteiger partial charge is 0.354 e. The Morgan fingerprint density at radius 3 is 2.80 bits per heavy atom. The van der Waals surface area contributed by atoms with E-state index in [1.54, 1.807) is 11.3 Å². The van der Waals surface area contributed by atoms with Crippen LogP contribution in [0.3, 0.4) is 0 Å². The van der Waals surface area contributed by atoms with Crippen LogP contribution in [-0.2, 0) is 0 Å². The summed E-state index contributed by atoms with van der Waals surface area (Å²) in [6.07, 6.45) is 5.99. The quantitative estimate of drug-likeness (QED) is 0.355. The summed E-state index contributed by atoms with van der Waals surface area (Å²) in [4.78, 5) is 16.9. The highest BCUT2D eigenvalue weighted by atomic mass is 32.1. The summed E-state index contributed by atoms with van der Waals surface area (Å²) >= 11 is 1.58. The molecule has 30 heavy (non-hydrogen) atoms. The van der Waals surface area contributed by atoms with Crippen molar-refractivity contribution in [3.05, 3.63) is 52.3 Å². The lowest BCUT2D eigenvalue weighted by molar-refractivity contribution is 0.584. The van der Waals surface area contributed by atoms with Gasteiger partial charge < -0.3 is 21.0 Å². The molecule has 0 unspecified atom stereocenters. The number of nitrogens with zero attached hydrogens (tertiary/aromatic N) is 4. The smallest absolute Gasteiger partial charge is 0.188 e.